The maximum atomic E-state index is 5.64. The van der Waals surface area contributed by atoms with Crippen LogP contribution < -0.4 is 4.74 Å². The van der Waals surface area contributed by atoms with Crippen molar-refractivity contribution in [3.63, 3.8) is 0 Å². The van der Waals surface area contributed by atoms with Crippen LogP contribution in [0.1, 0.15) is 40.8 Å². The zero-order valence-electron chi connectivity index (χ0n) is 20.9. The molecule has 3 aromatic carbocycles. The summed E-state index contributed by atoms with van der Waals surface area (Å²) in [5, 5.41) is 0.810. The van der Waals surface area contributed by atoms with E-state index in [0.29, 0.717) is 5.88 Å². The third kappa shape index (κ3) is 14.9. The van der Waals surface area contributed by atoms with Gasteiger partial charge in [-0.15, -0.1) is 0 Å². The number of hydrogen-bond donors (Lipinski definition) is 0. The average molecular weight is 478 g/mol. The number of benzene rings is 3. The van der Waals surface area contributed by atoms with E-state index in [1.165, 1.54) is 33.4 Å². The molecule has 0 N–H and O–H groups in total. The van der Waals surface area contributed by atoms with Gasteiger partial charge in [0.15, 0.2) is 0 Å². The molecule has 4 aromatic rings. The Morgan fingerprint density at radius 2 is 1.00 bits per heavy atom. The molecule has 0 aliphatic heterocycles. The molecule has 0 fully saturated rings. The summed E-state index contributed by atoms with van der Waals surface area (Å²) in [6, 6.07) is 28.5. The van der Waals surface area contributed by atoms with Crippen LogP contribution in [0.3, 0.4) is 0 Å². The second-order valence-electron chi connectivity index (χ2n) is 7.99. The molecule has 182 valence electrons. The molecule has 0 spiro atoms. The highest BCUT2D eigenvalue weighted by atomic mass is 35.5. The van der Waals surface area contributed by atoms with Gasteiger partial charge in [0.05, 0.1) is 7.11 Å². The molecule has 2 nitrogen and oxygen atoms in total. The van der Waals surface area contributed by atoms with E-state index in [1.54, 1.807) is 13.3 Å². The van der Waals surface area contributed by atoms with Crippen LogP contribution in [0.25, 0.3) is 0 Å². The Hall–Kier alpha value is -3.10. The Morgan fingerprint density at radius 1 is 0.559 bits per heavy atom. The Balaban J connectivity index is 0.000000423. The Labute approximate surface area is 212 Å². The molecular weight excluding hydrogens is 438 g/mol. The van der Waals surface area contributed by atoms with Gasteiger partial charge < -0.3 is 4.74 Å². The highest BCUT2D eigenvalue weighted by Gasteiger charge is 1.88. The van der Waals surface area contributed by atoms with Crippen LogP contribution in [-0.4, -0.2) is 12.1 Å². The molecule has 0 saturated heterocycles. The number of nitrogens with zero attached hydrogens (tertiary/aromatic N) is 1. The second-order valence-corrected chi connectivity index (χ2v) is 8.42. The molecule has 0 aliphatic rings. The third-order valence-corrected chi connectivity index (χ3v) is 4.71. The number of ether oxygens (including phenoxy) is 1. The van der Waals surface area contributed by atoms with Gasteiger partial charge in [0.1, 0.15) is 0 Å². The minimum absolute atomic E-state index is 0. The average Bonchev–Trinajstić information content (AvgIpc) is 2.77. The topological polar surface area (TPSA) is 22.1 Å². The van der Waals surface area contributed by atoms with Gasteiger partial charge in [0.25, 0.3) is 0 Å². The lowest BCUT2D eigenvalue weighted by Gasteiger charge is -1.96. The van der Waals surface area contributed by atoms with Crippen molar-refractivity contribution in [2.45, 2.75) is 49.0 Å². The first-order valence-electron chi connectivity index (χ1n) is 10.9. The summed E-state index contributed by atoms with van der Waals surface area (Å²) in [6.07, 6.45) is 1.73. The number of rotatable bonds is 1. The lowest BCUT2D eigenvalue weighted by molar-refractivity contribution is 0.397. The second kappa shape index (κ2) is 17.4. The normalized spacial score (nSPS) is 8.94. The van der Waals surface area contributed by atoms with Crippen molar-refractivity contribution in [1.82, 2.24) is 4.98 Å². The maximum Gasteiger partial charge on any atom is 0.213 e. The molecular formula is C31H40ClNO. The van der Waals surface area contributed by atoms with Gasteiger partial charge in [-0.1, -0.05) is 102 Å². The first-order chi connectivity index (χ1) is 15.7. The highest BCUT2D eigenvalue weighted by Crippen LogP contribution is 2.08. The van der Waals surface area contributed by atoms with Crippen LogP contribution >= 0.6 is 11.6 Å². The summed E-state index contributed by atoms with van der Waals surface area (Å²) in [6.45, 7) is 12.4. The first-order valence-corrected chi connectivity index (χ1v) is 11.3. The molecule has 34 heavy (non-hydrogen) atoms. The lowest BCUT2D eigenvalue weighted by Crippen LogP contribution is -1.85. The quantitative estimate of drug-likeness (QED) is 0.272. The largest absolute Gasteiger partial charge is 0.481 e. The number of hydrogen-bond acceptors (Lipinski definition) is 2. The Kier molecular flexibility index (Phi) is 15.8. The summed E-state index contributed by atoms with van der Waals surface area (Å²) in [5.41, 5.74) is 7.71. The molecule has 0 aliphatic carbocycles. The third-order valence-electron chi connectivity index (χ3n) is 4.47. The summed E-state index contributed by atoms with van der Waals surface area (Å²) in [5.74, 6) is 0.676. The fraction of sp³-hybridized carbons (Fsp3) is 0.258. The number of halogens is 1. The molecule has 1 aromatic heterocycles. The molecule has 4 rings (SSSR count). The minimum atomic E-state index is 0. The van der Waals surface area contributed by atoms with Crippen molar-refractivity contribution < 1.29 is 4.74 Å². The zero-order valence-corrected chi connectivity index (χ0v) is 21.6. The lowest BCUT2D eigenvalue weighted by atomic mass is 10.2. The predicted octanol–water partition coefficient (Wildman–Crippen LogP) is 9.29. The Morgan fingerprint density at radius 3 is 1.29 bits per heavy atom. The van der Waals surface area contributed by atoms with E-state index in [2.05, 4.69) is 81.2 Å². The van der Waals surface area contributed by atoms with Crippen molar-refractivity contribution in [3.8, 4) is 5.88 Å². The van der Waals surface area contributed by atoms with Crippen LogP contribution in [0.5, 0.6) is 5.88 Å². The number of pyridine rings is 1. The van der Waals surface area contributed by atoms with Gasteiger partial charge in [-0.05, 0) is 70.9 Å². The van der Waals surface area contributed by atoms with Gasteiger partial charge >= 0.3 is 0 Å². The Bertz CT molecular complexity index is 976. The predicted molar refractivity (Wildman–Crippen MR) is 150 cm³/mol. The summed E-state index contributed by atoms with van der Waals surface area (Å²) < 4.78 is 4.88. The van der Waals surface area contributed by atoms with E-state index < -0.39 is 0 Å². The van der Waals surface area contributed by atoms with Crippen molar-refractivity contribution in [3.05, 3.63) is 130 Å². The van der Waals surface area contributed by atoms with Crippen molar-refractivity contribution >= 4 is 11.6 Å². The van der Waals surface area contributed by atoms with Crippen LogP contribution in [-0.2, 0) is 0 Å². The van der Waals surface area contributed by atoms with E-state index in [4.69, 9.17) is 16.3 Å². The summed E-state index contributed by atoms with van der Waals surface area (Å²) >= 11 is 5.64. The monoisotopic (exact) mass is 477 g/mol. The van der Waals surface area contributed by atoms with Gasteiger partial charge in [-0.3, -0.25) is 0 Å². The van der Waals surface area contributed by atoms with Gasteiger partial charge in [-0.25, -0.2) is 4.98 Å². The molecule has 0 saturated carbocycles. The van der Waals surface area contributed by atoms with E-state index in [-0.39, 0.29) is 7.43 Å². The summed E-state index contributed by atoms with van der Waals surface area (Å²) in [7, 11) is 1.61. The van der Waals surface area contributed by atoms with Crippen LogP contribution in [0.4, 0.5) is 0 Å². The van der Waals surface area contributed by atoms with Gasteiger partial charge in [0, 0.05) is 17.3 Å². The zero-order chi connectivity index (χ0) is 24.6. The fourth-order valence-corrected chi connectivity index (χ4v) is 2.91. The number of aryl methyl sites for hydroxylation is 6. The van der Waals surface area contributed by atoms with Gasteiger partial charge in [0.2, 0.25) is 5.88 Å². The van der Waals surface area contributed by atoms with Crippen LogP contribution in [0.2, 0.25) is 5.02 Å². The SMILES string of the molecule is C.COc1cc(C)ccn1.Cc1ccc(C)cc1.Cc1cccc(C)c1.Cc1cccc(Cl)c1. The molecule has 0 radical (unpaired) electrons. The van der Waals surface area contributed by atoms with Gasteiger partial charge in [-0.2, -0.15) is 0 Å². The van der Waals surface area contributed by atoms with E-state index >= 15 is 0 Å². The smallest absolute Gasteiger partial charge is 0.213 e. The van der Waals surface area contributed by atoms with Crippen molar-refractivity contribution in [2.75, 3.05) is 7.11 Å². The molecule has 1 heterocycles. The molecule has 0 atom stereocenters. The molecule has 0 bridgehead atoms. The number of aromatic nitrogens is 1. The summed E-state index contributed by atoms with van der Waals surface area (Å²) in [4.78, 5) is 3.94. The van der Waals surface area contributed by atoms with Crippen molar-refractivity contribution in [1.29, 1.82) is 0 Å². The first kappa shape index (κ1) is 30.9. The van der Waals surface area contributed by atoms with Crippen molar-refractivity contribution in [2.24, 2.45) is 0 Å². The maximum absolute atomic E-state index is 5.64. The number of methoxy groups -OCH3 is 1. The van der Waals surface area contributed by atoms with Crippen LogP contribution in [0, 0.1) is 41.5 Å². The highest BCUT2D eigenvalue weighted by molar-refractivity contribution is 6.30. The van der Waals surface area contributed by atoms with E-state index in [0.717, 1.165) is 5.02 Å². The molecule has 3 heteroatoms. The van der Waals surface area contributed by atoms with Crippen LogP contribution in [0.15, 0.2) is 91.1 Å². The van der Waals surface area contributed by atoms with E-state index in [9.17, 15) is 0 Å². The van der Waals surface area contributed by atoms with E-state index in [1.807, 2.05) is 50.2 Å². The molecule has 0 amide bonds. The fourth-order valence-electron chi connectivity index (χ4n) is 2.67. The standard InChI is InChI=1S/2C8H10.C7H7Cl.C7H9NO.CH4/c1-7-3-5-8(2)6-4-7;1-7-4-3-5-8(2)6-7;1-6-3-2-4-7(8)5-6;1-6-3-4-8-7(5-6)9-2;/h2*3-6H,1-2H3;2-5H,1H3;3-5H,1-2H3;1H4. The molecule has 0 unspecified atom stereocenters. The minimum Gasteiger partial charge on any atom is -0.481 e.